The Labute approximate surface area is 296 Å². The molecule has 0 saturated carbocycles. The van der Waals surface area contributed by atoms with E-state index in [1.807, 2.05) is 20.8 Å². The molecule has 9 nitrogen and oxygen atoms in total. The molecule has 50 heavy (non-hydrogen) atoms. The van der Waals surface area contributed by atoms with Crippen molar-refractivity contribution in [2.24, 2.45) is 0 Å². The molecule has 0 atom stereocenters. The van der Waals surface area contributed by atoms with Crippen molar-refractivity contribution >= 4 is 17.9 Å². The molecule has 3 aromatic rings. The first kappa shape index (κ1) is 39.8. The lowest BCUT2D eigenvalue weighted by Gasteiger charge is -2.23. The Balaban J connectivity index is 1.48. The number of methoxy groups -OCH3 is 1. The quantitative estimate of drug-likeness (QED) is 0.0469. The van der Waals surface area contributed by atoms with Gasteiger partial charge in [-0.2, -0.15) is 0 Å². The van der Waals surface area contributed by atoms with Gasteiger partial charge in [-0.25, -0.2) is 14.4 Å². The third-order valence-electron chi connectivity index (χ3n) is 7.75. The van der Waals surface area contributed by atoms with Crippen molar-refractivity contribution in [3.05, 3.63) is 95.6 Å². The van der Waals surface area contributed by atoms with Crippen LogP contribution in [0.2, 0.25) is 0 Å². The molecule has 0 aliphatic carbocycles. The van der Waals surface area contributed by atoms with Crippen LogP contribution in [0, 0.1) is 0 Å². The largest absolute Gasteiger partial charge is 0.494 e. The second-order valence-corrected chi connectivity index (χ2v) is 13.2. The summed E-state index contributed by atoms with van der Waals surface area (Å²) in [5.41, 5.74) is 1.50. The predicted octanol–water partition coefficient (Wildman–Crippen LogP) is 9.07. The third kappa shape index (κ3) is 14.1. The summed E-state index contributed by atoms with van der Waals surface area (Å²) in [6.45, 7) is 13.5. The number of hydrogen-bond acceptors (Lipinski definition) is 9. The predicted molar refractivity (Wildman–Crippen MR) is 194 cm³/mol. The van der Waals surface area contributed by atoms with Gasteiger partial charge in [0.25, 0.3) is 0 Å². The first-order valence-electron chi connectivity index (χ1n) is 17.3. The number of carbonyl (C=O) groups excluding carboxylic acids is 3. The summed E-state index contributed by atoms with van der Waals surface area (Å²) in [6, 6.07) is 18.7. The van der Waals surface area contributed by atoms with E-state index in [1.165, 1.54) is 0 Å². The summed E-state index contributed by atoms with van der Waals surface area (Å²) in [5, 5.41) is 0. The van der Waals surface area contributed by atoms with Crippen molar-refractivity contribution in [1.29, 1.82) is 0 Å². The van der Waals surface area contributed by atoms with Crippen molar-refractivity contribution < 1.29 is 42.8 Å². The molecule has 0 heterocycles. The molecule has 0 bridgehead atoms. The van der Waals surface area contributed by atoms with Crippen LogP contribution in [-0.4, -0.2) is 51.4 Å². The zero-order valence-corrected chi connectivity index (χ0v) is 30.2. The zero-order valence-electron chi connectivity index (χ0n) is 30.2. The Morgan fingerprint density at radius 3 is 1.54 bits per heavy atom. The molecule has 0 saturated heterocycles. The lowest BCUT2D eigenvalue weighted by atomic mass is 9.86. The molecule has 0 fully saturated rings. The highest BCUT2D eigenvalue weighted by atomic mass is 16.5. The van der Waals surface area contributed by atoms with E-state index in [0.29, 0.717) is 59.5 Å². The first-order valence-corrected chi connectivity index (χ1v) is 17.3. The smallest absolute Gasteiger partial charge is 0.343 e. The van der Waals surface area contributed by atoms with Crippen LogP contribution in [-0.2, 0) is 19.7 Å². The molecule has 3 rings (SSSR count). The number of benzene rings is 3. The molecule has 3 aromatic carbocycles. The average Bonchev–Trinajstić information content (AvgIpc) is 3.09. The third-order valence-corrected chi connectivity index (χ3v) is 7.75. The Morgan fingerprint density at radius 2 is 1.06 bits per heavy atom. The van der Waals surface area contributed by atoms with E-state index in [0.717, 1.165) is 63.5 Å². The van der Waals surface area contributed by atoms with Gasteiger partial charge in [-0.1, -0.05) is 33.8 Å². The summed E-state index contributed by atoms with van der Waals surface area (Å²) >= 11 is 0. The van der Waals surface area contributed by atoms with Gasteiger partial charge in [-0.15, -0.1) is 0 Å². The zero-order chi connectivity index (χ0) is 36.4. The van der Waals surface area contributed by atoms with Gasteiger partial charge >= 0.3 is 17.9 Å². The molecule has 0 aliphatic rings. The lowest BCUT2D eigenvalue weighted by Crippen LogP contribution is -2.17. The molecular formula is C41H52O9. The van der Waals surface area contributed by atoms with Crippen molar-refractivity contribution in [3.63, 3.8) is 0 Å². The maximum absolute atomic E-state index is 13.1. The van der Waals surface area contributed by atoms with E-state index < -0.39 is 17.4 Å². The van der Waals surface area contributed by atoms with E-state index in [9.17, 15) is 14.4 Å². The highest BCUT2D eigenvalue weighted by Gasteiger charge is 2.23. The fourth-order valence-electron chi connectivity index (χ4n) is 4.87. The van der Waals surface area contributed by atoms with E-state index in [-0.39, 0.29) is 5.97 Å². The van der Waals surface area contributed by atoms with E-state index in [1.54, 1.807) is 80.8 Å². The van der Waals surface area contributed by atoms with Crippen molar-refractivity contribution in [3.8, 4) is 23.0 Å². The van der Waals surface area contributed by atoms with Crippen LogP contribution >= 0.6 is 0 Å². The molecule has 9 heteroatoms. The maximum Gasteiger partial charge on any atom is 0.343 e. The average molecular weight is 689 g/mol. The van der Waals surface area contributed by atoms with Gasteiger partial charge in [0.15, 0.2) is 0 Å². The van der Waals surface area contributed by atoms with Crippen LogP contribution in [0.25, 0.3) is 0 Å². The summed E-state index contributed by atoms with van der Waals surface area (Å²) in [7, 11) is 1.71. The van der Waals surface area contributed by atoms with E-state index >= 15 is 0 Å². The summed E-state index contributed by atoms with van der Waals surface area (Å²) < 4.78 is 33.3. The minimum absolute atomic E-state index is 0.342. The van der Waals surface area contributed by atoms with Crippen LogP contribution in [0.1, 0.15) is 105 Å². The fraction of sp³-hybridized carbons (Fsp3) is 0.439. The fourth-order valence-corrected chi connectivity index (χ4v) is 4.87. The van der Waals surface area contributed by atoms with Crippen molar-refractivity contribution in [2.75, 3.05) is 33.5 Å². The highest BCUT2D eigenvalue weighted by Crippen LogP contribution is 2.35. The summed E-state index contributed by atoms with van der Waals surface area (Å²) in [5.74, 6) is 0.733. The number of ether oxygens (including phenoxy) is 6. The van der Waals surface area contributed by atoms with Gasteiger partial charge < -0.3 is 28.4 Å². The second kappa shape index (κ2) is 20.8. The monoisotopic (exact) mass is 688 g/mol. The minimum atomic E-state index is -0.512. The molecule has 0 aliphatic heterocycles. The van der Waals surface area contributed by atoms with Crippen LogP contribution in [0.5, 0.6) is 23.0 Å². The highest BCUT2D eigenvalue weighted by molar-refractivity contribution is 5.92. The molecule has 0 aromatic heterocycles. The number of hydrogen-bond donors (Lipinski definition) is 0. The van der Waals surface area contributed by atoms with Gasteiger partial charge in [-0.05, 0) is 124 Å². The van der Waals surface area contributed by atoms with Gasteiger partial charge in [0, 0.05) is 24.9 Å². The lowest BCUT2D eigenvalue weighted by molar-refractivity contribution is -0.139. The van der Waals surface area contributed by atoms with E-state index in [4.69, 9.17) is 28.4 Å². The van der Waals surface area contributed by atoms with Crippen LogP contribution < -0.4 is 18.9 Å². The number of rotatable bonds is 21. The molecule has 0 spiro atoms. The van der Waals surface area contributed by atoms with Crippen LogP contribution in [0.3, 0.4) is 0 Å². The second-order valence-electron chi connectivity index (χ2n) is 13.2. The van der Waals surface area contributed by atoms with Crippen molar-refractivity contribution in [1.82, 2.24) is 0 Å². The van der Waals surface area contributed by atoms with Crippen molar-refractivity contribution in [2.45, 2.75) is 84.5 Å². The molecule has 0 unspecified atom stereocenters. The first-order chi connectivity index (χ1) is 24.0. The molecular weight excluding hydrogens is 636 g/mol. The Kier molecular flexibility index (Phi) is 16.5. The number of esters is 3. The topological polar surface area (TPSA) is 107 Å². The Morgan fingerprint density at radius 1 is 0.600 bits per heavy atom. The van der Waals surface area contributed by atoms with Gasteiger partial charge in [0.2, 0.25) is 0 Å². The van der Waals surface area contributed by atoms with Gasteiger partial charge in [0.05, 0.1) is 30.9 Å². The SMILES string of the molecule is C=C(C)C(=O)OCCCCCCOc1ccc(C(=O)Oc2ccc(OC(=O)c3ccc(OCCCCCCOC)cc3)c(C(C)(C)C)c2)cc1. The van der Waals surface area contributed by atoms with Gasteiger partial charge in [-0.3, -0.25) is 0 Å². The summed E-state index contributed by atoms with van der Waals surface area (Å²) in [6.07, 6.45) is 7.72. The van der Waals surface area contributed by atoms with Gasteiger partial charge in [0.1, 0.15) is 23.0 Å². The Bertz CT molecular complexity index is 1520. The molecule has 0 N–H and O–H groups in total. The maximum atomic E-state index is 13.1. The van der Waals surface area contributed by atoms with E-state index in [2.05, 4.69) is 6.58 Å². The minimum Gasteiger partial charge on any atom is -0.494 e. The number of unbranched alkanes of at least 4 members (excludes halogenated alkanes) is 6. The number of carbonyl (C=O) groups is 3. The normalized spacial score (nSPS) is 11.1. The van der Waals surface area contributed by atoms with Crippen LogP contribution in [0.15, 0.2) is 78.9 Å². The molecule has 270 valence electrons. The molecule has 0 radical (unpaired) electrons. The standard InChI is InChI=1S/C41H52O9/c1-30(2)38(42)48-28-14-10-9-13-27-47-33-19-15-31(16-20-33)39(43)49-35-23-24-37(36(29-35)41(3,4)5)50-40(44)32-17-21-34(22-18-32)46-26-12-8-7-11-25-45-6/h15-24,29H,1,7-14,25-28H2,2-6H3. The van der Waals surface area contributed by atoms with Crippen LogP contribution in [0.4, 0.5) is 0 Å². The Hall–Kier alpha value is -4.63. The summed E-state index contributed by atoms with van der Waals surface area (Å²) in [4.78, 5) is 37.4. The molecule has 0 amide bonds.